The van der Waals surface area contributed by atoms with Crippen LogP contribution in [0.3, 0.4) is 0 Å². The minimum Gasteiger partial charge on any atom is -0.493 e. The summed E-state index contributed by atoms with van der Waals surface area (Å²) in [7, 11) is 0. The molecule has 0 bridgehead atoms. The highest BCUT2D eigenvalue weighted by Gasteiger charge is 2.25. The molecule has 72 valence electrons. The van der Waals surface area contributed by atoms with E-state index in [0.29, 0.717) is 18.8 Å². The van der Waals surface area contributed by atoms with Crippen LogP contribution in [0.1, 0.15) is 21.5 Å². The van der Waals surface area contributed by atoms with Crippen molar-refractivity contribution in [3.63, 3.8) is 0 Å². The second-order valence-corrected chi connectivity index (χ2v) is 3.57. The van der Waals surface area contributed by atoms with Gasteiger partial charge in [-0.05, 0) is 6.07 Å². The van der Waals surface area contributed by atoms with Gasteiger partial charge in [0.1, 0.15) is 11.5 Å². The van der Waals surface area contributed by atoms with Crippen LogP contribution < -0.4 is 9.47 Å². The predicted octanol–water partition coefficient (Wildman–Crippen LogP) is 1.37. The lowest BCUT2D eigenvalue weighted by atomic mass is 10.0. The van der Waals surface area contributed by atoms with Crippen LogP contribution in [0.5, 0.6) is 11.5 Å². The number of hydrogen-bond donors (Lipinski definition) is 0. The number of ether oxygens (including phenoxy) is 2. The fourth-order valence-electron chi connectivity index (χ4n) is 2.15. The second kappa shape index (κ2) is 2.74. The van der Waals surface area contributed by atoms with Crippen LogP contribution >= 0.6 is 0 Å². The number of carbonyl (C=O) groups excluding carboxylic acids is 1. The molecule has 0 saturated carbocycles. The quantitative estimate of drug-likeness (QED) is 0.627. The SMILES string of the molecule is O=Cc1c2c(cc3c1OCC3)OCC2. The van der Waals surface area contributed by atoms with Crippen molar-refractivity contribution in [1.82, 2.24) is 0 Å². The van der Waals surface area contributed by atoms with Gasteiger partial charge in [0.2, 0.25) is 0 Å². The maximum Gasteiger partial charge on any atom is 0.154 e. The summed E-state index contributed by atoms with van der Waals surface area (Å²) in [6.07, 6.45) is 2.59. The van der Waals surface area contributed by atoms with Crippen LogP contribution in [-0.4, -0.2) is 19.5 Å². The molecule has 0 unspecified atom stereocenters. The molecule has 3 nitrogen and oxygen atoms in total. The van der Waals surface area contributed by atoms with Crippen molar-refractivity contribution in [2.24, 2.45) is 0 Å². The number of fused-ring (bicyclic) bond motifs is 2. The molecule has 0 spiro atoms. The van der Waals surface area contributed by atoms with Gasteiger partial charge < -0.3 is 9.47 Å². The monoisotopic (exact) mass is 190 g/mol. The predicted molar refractivity (Wildman–Crippen MR) is 50.2 cm³/mol. The molecule has 0 atom stereocenters. The van der Waals surface area contributed by atoms with Crippen LogP contribution in [0.25, 0.3) is 0 Å². The zero-order valence-electron chi connectivity index (χ0n) is 7.71. The summed E-state index contributed by atoms with van der Waals surface area (Å²) in [6, 6.07) is 2.01. The Morgan fingerprint density at radius 3 is 2.93 bits per heavy atom. The van der Waals surface area contributed by atoms with Crippen molar-refractivity contribution in [1.29, 1.82) is 0 Å². The minimum atomic E-state index is 0.680. The summed E-state index contributed by atoms with van der Waals surface area (Å²) < 4.78 is 10.9. The second-order valence-electron chi connectivity index (χ2n) is 3.57. The molecule has 2 aliphatic heterocycles. The third-order valence-electron chi connectivity index (χ3n) is 2.81. The molecule has 3 rings (SSSR count). The first kappa shape index (κ1) is 7.85. The van der Waals surface area contributed by atoms with Crippen LogP contribution in [0.15, 0.2) is 6.07 Å². The van der Waals surface area contributed by atoms with E-state index in [0.717, 1.165) is 41.8 Å². The van der Waals surface area contributed by atoms with E-state index in [1.165, 1.54) is 0 Å². The molecule has 0 radical (unpaired) electrons. The molecule has 0 saturated heterocycles. The standard InChI is InChI=1S/C11H10O3/c12-6-9-8-2-4-13-10(8)5-7-1-3-14-11(7)9/h5-6H,1-4H2. The molecule has 1 aromatic rings. The molecular formula is C11H10O3. The van der Waals surface area contributed by atoms with Crippen molar-refractivity contribution >= 4 is 6.29 Å². The first-order valence-corrected chi connectivity index (χ1v) is 4.79. The van der Waals surface area contributed by atoms with Crippen LogP contribution in [0.4, 0.5) is 0 Å². The summed E-state index contributed by atoms with van der Waals surface area (Å²) >= 11 is 0. The first-order valence-electron chi connectivity index (χ1n) is 4.79. The van der Waals surface area contributed by atoms with E-state index in [4.69, 9.17) is 9.47 Å². The first-order chi connectivity index (χ1) is 6.90. The molecule has 0 fully saturated rings. The van der Waals surface area contributed by atoms with Crippen molar-refractivity contribution in [3.05, 3.63) is 22.8 Å². The average Bonchev–Trinajstić information content (AvgIpc) is 2.80. The Balaban J connectivity index is 2.29. The Morgan fingerprint density at radius 2 is 2.07 bits per heavy atom. The lowest BCUT2D eigenvalue weighted by molar-refractivity contribution is 0.111. The van der Waals surface area contributed by atoms with Gasteiger partial charge in [0.05, 0.1) is 18.8 Å². The highest BCUT2D eigenvalue weighted by molar-refractivity contribution is 5.85. The summed E-state index contributed by atoms with van der Waals surface area (Å²) in [5.74, 6) is 1.65. The van der Waals surface area contributed by atoms with E-state index in [1.54, 1.807) is 0 Å². The van der Waals surface area contributed by atoms with E-state index >= 15 is 0 Å². The number of aldehydes is 1. The molecule has 14 heavy (non-hydrogen) atoms. The summed E-state index contributed by atoms with van der Waals surface area (Å²) in [6.45, 7) is 1.36. The van der Waals surface area contributed by atoms with Gasteiger partial charge in [-0.25, -0.2) is 0 Å². The molecule has 1 aromatic carbocycles. The van der Waals surface area contributed by atoms with Gasteiger partial charge in [-0.3, -0.25) is 4.79 Å². The lowest BCUT2D eigenvalue weighted by Crippen LogP contribution is -1.94. The van der Waals surface area contributed by atoms with E-state index in [9.17, 15) is 4.79 Å². The third-order valence-corrected chi connectivity index (χ3v) is 2.81. The Kier molecular flexibility index (Phi) is 1.54. The van der Waals surface area contributed by atoms with Gasteiger partial charge in [-0.1, -0.05) is 0 Å². The fourth-order valence-corrected chi connectivity index (χ4v) is 2.15. The fraction of sp³-hybridized carbons (Fsp3) is 0.364. The van der Waals surface area contributed by atoms with E-state index in [1.807, 2.05) is 6.07 Å². The van der Waals surface area contributed by atoms with Gasteiger partial charge in [-0.2, -0.15) is 0 Å². The minimum absolute atomic E-state index is 0.680. The molecule has 2 aliphatic rings. The maximum absolute atomic E-state index is 11.0. The Labute approximate surface area is 81.6 Å². The summed E-state index contributed by atoms with van der Waals surface area (Å²) in [5, 5.41) is 0. The molecule has 0 aliphatic carbocycles. The van der Waals surface area contributed by atoms with Crippen molar-refractivity contribution in [3.8, 4) is 11.5 Å². The van der Waals surface area contributed by atoms with E-state index < -0.39 is 0 Å². The van der Waals surface area contributed by atoms with E-state index in [2.05, 4.69) is 0 Å². The number of benzene rings is 1. The average molecular weight is 190 g/mol. The van der Waals surface area contributed by atoms with E-state index in [-0.39, 0.29) is 0 Å². The Hall–Kier alpha value is -1.51. The molecular weight excluding hydrogens is 180 g/mol. The highest BCUT2D eigenvalue weighted by atomic mass is 16.5. The van der Waals surface area contributed by atoms with Crippen molar-refractivity contribution in [2.75, 3.05) is 13.2 Å². The van der Waals surface area contributed by atoms with Gasteiger partial charge >= 0.3 is 0 Å². The number of hydrogen-bond acceptors (Lipinski definition) is 3. The number of carbonyl (C=O) groups is 1. The number of rotatable bonds is 1. The molecule has 0 N–H and O–H groups in total. The van der Waals surface area contributed by atoms with Gasteiger partial charge in [0, 0.05) is 24.0 Å². The largest absolute Gasteiger partial charge is 0.493 e. The van der Waals surface area contributed by atoms with Crippen LogP contribution in [-0.2, 0) is 12.8 Å². The Morgan fingerprint density at radius 1 is 1.21 bits per heavy atom. The van der Waals surface area contributed by atoms with Crippen molar-refractivity contribution < 1.29 is 14.3 Å². The van der Waals surface area contributed by atoms with Gasteiger partial charge in [0.15, 0.2) is 6.29 Å². The zero-order valence-corrected chi connectivity index (χ0v) is 7.71. The molecule has 0 aromatic heterocycles. The molecule has 0 amide bonds. The van der Waals surface area contributed by atoms with Gasteiger partial charge in [0.25, 0.3) is 0 Å². The smallest absolute Gasteiger partial charge is 0.154 e. The molecule has 3 heteroatoms. The van der Waals surface area contributed by atoms with Crippen molar-refractivity contribution in [2.45, 2.75) is 12.8 Å². The zero-order chi connectivity index (χ0) is 9.54. The topological polar surface area (TPSA) is 35.5 Å². The molecule has 2 heterocycles. The van der Waals surface area contributed by atoms with Crippen LogP contribution in [0.2, 0.25) is 0 Å². The van der Waals surface area contributed by atoms with Gasteiger partial charge in [-0.15, -0.1) is 0 Å². The summed E-state index contributed by atoms with van der Waals surface area (Å²) in [5.41, 5.74) is 2.82. The summed E-state index contributed by atoms with van der Waals surface area (Å²) in [4.78, 5) is 11.0. The Bertz CT molecular complexity index is 377. The van der Waals surface area contributed by atoms with Crippen LogP contribution in [0, 0.1) is 0 Å². The third kappa shape index (κ3) is 0.895. The normalized spacial score (nSPS) is 16.9. The maximum atomic E-state index is 11.0. The lowest BCUT2D eigenvalue weighted by Gasteiger charge is -2.07. The highest BCUT2D eigenvalue weighted by Crippen LogP contribution is 2.39.